The molecule has 0 aliphatic heterocycles. The first-order valence-corrected chi connectivity index (χ1v) is 7.94. The van der Waals surface area contributed by atoms with E-state index in [4.69, 9.17) is 0 Å². The molecule has 1 aromatic rings. The minimum absolute atomic E-state index is 0.0877. The summed E-state index contributed by atoms with van der Waals surface area (Å²) in [7, 11) is 0. The molecule has 116 valence electrons. The molecule has 0 saturated heterocycles. The topological polar surface area (TPSA) is 61.4 Å². The molecule has 0 unspecified atom stereocenters. The van der Waals surface area contributed by atoms with Gasteiger partial charge in [0.05, 0.1) is 0 Å². The maximum Gasteiger partial charge on any atom is 0.251 e. The fourth-order valence-corrected chi connectivity index (χ4v) is 2.81. The maximum atomic E-state index is 12.2. The molecule has 1 aromatic carbocycles. The van der Waals surface area contributed by atoms with Gasteiger partial charge in [0.15, 0.2) is 0 Å². The maximum absolute atomic E-state index is 12.2. The van der Waals surface area contributed by atoms with Crippen molar-refractivity contribution in [2.45, 2.75) is 58.0 Å². The number of hydrogen-bond acceptors (Lipinski definition) is 3. The highest BCUT2D eigenvalue weighted by Gasteiger charge is 2.22. The van der Waals surface area contributed by atoms with Crippen LogP contribution in [0.3, 0.4) is 0 Å². The predicted molar refractivity (Wildman–Crippen MR) is 84.6 cm³/mol. The second-order valence-corrected chi connectivity index (χ2v) is 5.98. The molecule has 0 atom stereocenters. The van der Waals surface area contributed by atoms with Gasteiger partial charge in [-0.3, -0.25) is 4.79 Å². The van der Waals surface area contributed by atoms with Gasteiger partial charge in [0.2, 0.25) is 0 Å². The molecule has 4 heteroatoms. The van der Waals surface area contributed by atoms with Gasteiger partial charge in [-0.2, -0.15) is 0 Å². The first kappa shape index (κ1) is 15.8. The number of amides is 1. The molecular weight excluding hydrogens is 264 g/mol. The lowest BCUT2D eigenvalue weighted by Crippen LogP contribution is -2.42. The molecule has 0 bridgehead atoms. The monoisotopic (exact) mass is 290 g/mol. The number of aryl methyl sites for hydroxylation is 1. The van der Waals surface area contributed by atoms with Crippen LogP contribution in [0.1, 0.15) is 54.9 Å². The minimum Gasteiger partial charge on any atom is -0.508 e. The third-order valence-electron chi connectivity index (χ3n) is 4.22. The van der Waals surface area contributed by atoms with E-state index in [2.05, 4.69) is 17.6 Å². The van der Waals surface area contributed by atoms with Crippen molar-refractivity contribution in [1.29, 1.82) is 0 Å². The average Bonchev–Trinajstić information content (AvgIpc) is 2.49. The Bertz CT molecular complexity index is 480. The van der Waals surface area contributed by atoms with Crippen LogP contribution in [0.5, 0.6) is 5.75 Å². The van der Waals surface area contributed by atoms with Crippen LogP contribution in [-0.2, 0) is 0 Å². The van der Waals surface area contributed by atoms with Gasteiger partial charge in [-0.25, -0.2) is 0 Å². The fourth-order valence-electron chi connectivity index (χ4n) is 2.81. The first-order valence-electron chi connectivity index (χ1n) is 7.94. The van der Waals surface area contributed by atoms with Gasteiger partial charge in [-0.1, -0.05) is 13.0 Å². The van der Waals surface area contributed by atoms with Crippen LogP contribution in [-0.4, -0.2) is 29.6 Å². The SMILES string of the molecule is CCCNC1CCC(NC(=O)c2ccc(C)c(O)c2)CC1. The van der Waals surface area contributed by atoms with Gasteiger partial charge in [0, 0.05) is 17.6 Å². The molecule has 4 nitrogen and oxygen atoms in total. The van der Waals surface area contributed by atoms with Crippen molar-refractivity contribution in [3.63, 3.8) is 0 Å². The summed E-state index contributed by atoms with van der Waals surface area (Å²) >= 11 is 0. The minimum atomic E-state index is -0.0877. The summed E-state index contributed by atoms with van der Waals surface area (Å²) in [6, 6.07) is 5.93. The summed E-state index contributed by atoms with van der Waals surface area (Å²) < 4.78 is 0. The standard InChI is InChI=1S/C17H26N2O2/c1-3-10-18-14-6-8-15(9-7-14)19-17(21)13-5-4-12(2)16(20)11-13/h4-5,11,14-15,18,20H,3,6-10H2,1-2H3,(H,19,21). The second kappa shape index (κ2) is 7.46. The van der Waals surface area contributed by atoms with Gasteiger partial charge in [0.1, 0.15) is 5.75 Å². The number of hydrogen-bond donors (Lipinski definition) is 3. The largest absolute Gasteiger partial charge is 0.508 e. The van der Waals surface area contributed by atoms with Crippen LogP contribution >= 0.6 is 0 Å². The number of phenolic OH excluding ortho intramolecular Hbond substituents is 1. The van der Waals surface area contributed by atoms with Crippen LogP contribution in [0.15, 0.2) is 18.2 Å². The molecule has 1 aliphatic carbocycles. The van der Waals surface area contributed by atoms with E-state index in [1.165, 1.54) is 0 Å². The van der Waals surface area contributed by atoms with Crippen molar-refractivity contribution < 1.29 is 9.90 Å². The summed E-state index contributed by atoms with van der Waals surface area (Å²) in [4.78, 5) is 12.2. The van der Waals surface area contributed by atoms with Crippen molar-refractivity contribution in [2.75, 3.05) is 6.54 Å². The third-order valence-corrected chi connectivity index (χ3v) is 4.22. The molecule has 1 aliphatic rings. The highest BCUT2D eigenvalue weighted by atomic mass is 16.3. The van der Waals surface area contributed by atoms with Crippen molar-refractivity contribution in [2.24, 2.45) is 0 Å². The van der Waals surface area contributed by atoms with Crippen molar-refractivity contribution in [1.82, 2.24) is 10.6 Å². The highest BCUT2D eigenvalue weighted by molar-refractivity contribution is 5.94. The zero-order valence-corrected chi connectivity index (χ0v) is 13.0. The van der Waals surface area contributed by atoms with Crippen LogP contribution in [0, 0.1) is 6.92 Å². The van der Waals surface area contributed by atoms with Gasteiger partial charge >= 0.3 is 0 Å². The smallest absolute Gasteiger partial charge is 0.251 e. The Morgan fingerprint density at radius 2 is 1.90 bits per heavy atom. The van der Waals surface area contributed by atoms with Crippen molar-refractivity contribution >= 4 is 5.91 Å². The fraction of sp³-hybridized carbons (Fsp3) is 0.588. The lowest BCUT2D eigenvalue weighted by Gasteiger charge is -2.29. The van der Waals surface area contributed by atoms with E-state index in [1.54, 1.807) is 18.2 Å². The van der Waals surface area contributed by atoms with Gasteiger partial charge < -0.3 is 15.7 Å². The van der Waals surface area contributed by atoms with Crippen molar-refractivity contribution in [3.05, 3.63) is 29.3 Å². The summed E-state index contributed by atoms with van der Waals surface area (Å²) in [5.74, 6) is 0.0883. The number of benzene rings is 1. The quantitative estimate of drug-likeness (QED) is 0.781. The van der Waals surface area contributed by atoms with E-state index in [0.29, 0.717) is 11.6 Å². The average molecular weight is 290 g/mol. The molecule has 0 aromatic heterocycles. The summed E-state index contributed by atoms with van der Waals surface area (Å²) in [6.07, 6.45) is 5.43. The Morgan fingerprint density at radius 3 is 2.52 bits per heavy atom. The normalized spacial score (nSPS) is 22.0. The Morgan fingerprint density at radius 1 is 1.24 bits per heavy atom. The van der Waals surface area contributed by atoms with Gasteiger partial charge in [-0.15, -0.1) is 0 Å². The summed E-state index contributed by atoms with van der Waals surface area (Å²) in [6.45, 7) is 5.07. The van der Waals surface area contributed by atoms with E-state index in [1.807, 2.05) is 6.92 Å². The molecule has 1 fully saturated rings. The molecule has 3 N–H and O–H groups in total. The molecule has 1 amide bonds. The Balaban J connectivity index is 1.82. The number of nitrogens with one attached hydrogen (secondary N) is 2. The number of rotatable bonds is 5. The molecule has 0 heterocycles. The Kier molecular flexibility index (Phi) is 5.62. The van der Waals surface area contributed by atoms with Crippen molar-refractivity contribution in [3.8, 4) is 5.75 Å². The summed E-state index contributed by atoms with van der Waals surface area (Å²) in [5, 5.41) is 16.3. The molecule has 0 radical (unpaired) electrons. The zero-order chi connectivity index (χ0) is 15.2. The molecule has 21 heavy (non-hydrogen) atoms. The number of carbonyl (C=O) groups excluding carboxylic acids is 1. The lowest BCUT2D eigenvalue weighted by atomic mass is 9.91. The Hall–Kier alpha value is -1.55. The van der Waals surface area contributed by atoms with E-state index in [0.717, 1.165) is 44.2 Å². The van der Waals surface area contributed by atoms with Crippen LogP contribution < -0.4 is 10.6 Å². The van der Waals surface area contributed by atoms with Crippen LogP contribution in [0.25, 0.3) is 0 Å². The predicted octanol–water partition coefficient (Wildman–Crippen LogP) is 2.74. The lowest BCUT2D eigenvalue weighted by molar-refractivity contribution is 0.0924. The highest BCUT2D eigenvalue weighted by Crippen LogP contribution is 2.21. The van der Waals surface area contributed by atoms with E-state index < -0.39 is 0 Å². The number of aromatic hydroxyl groups is 1. The first-order chi connectivity index (χ1) is 10.1. The Labute approximate surface area is 126 Å². The third kappa shape index (κ3) is 4.46. The van der Waals surface area contributed by atoms with E-state index in [-0.39, 0.29) is 17.7 Å². The number of carbonyl (C=O) groups is 1. The summed E-state index contributed by atoms with van der Waals surface area (Å²) in [5.41, 5.74) is 1.32. The second-order valence-electron chi connectivity index (χ2n) is 5.98. The van der Waals surface area contributed by atoms with Gasteiger partial charge in [0.25, 0.3) is 5.91 Å². The zero-order valence-electron chi connectivity index (χ0n) is 13.0. The molecule has 2 rings (SSSR count). The van der Waals surface area contributed by atoms with E-state index in [9.17, 15) is 9.90 Å². The molecule has 1 saturated carbocycles. The number of phenols is 1. The molecule has 0 spiro atoms. The van der Waals surface area contributed by atoms with Crippen LogP contribution in [0.4, 0.5) is 0 Å². The van der Waals surface area contributed by atoms with Crippen LogP contribution in [0.2, 0.25) is 0 Å². The molecular formula is C17H26N2O2. The van der Waals surface area contributed by atoms with Gasteiger partial charge in [-0.05, 0) is 63.3 Å². The van der Waals surface area contributed by atoms with E-state index >= 15 is 0 Å².